The van der Waals surface area contributed by atoms with Gasteiger partial charge in [-0.15, -0.1) is 0 Å². The van der Waals surface area contributed by atoms with Crippen molar-refractivity contribution in [3.8, 4) is 0 Å². The van der Waals surface area contributed by atoms with Crippen LogP contribution < -0.4 is 16.4 Å². The van der Waals surface area contributed by atoms with Crippen LogP contribution in [0.5, 0.6) is 0 Å². The molecular weight excluding hydrogens is 338 g/mol. The van der Waals surface area contributed by atoms with Crippen molar-refractivity contribution in [1.29, 1.82) is 5.41 Å². The van der Waals surface area contributed by atoms with Gasteiger partial charge in [-0.25, -0.2) is 9.97 Å². The maximum Gasteiger partial charge on any atom is 0.132 e. The van der Waals surface area contributed by atoms with Gasteiger partial charge in [-0.1, -0.05) is 6.07 Å². The Balaban J connectivity index is 1.93. The molecule has 0 radical (unpaired) electrons. The molecule has 7 heteroatoms. The number of benzene rings is 1. The van der Waals surface area contributed by atoms with Crippen molar-refractivity contribution in [3.63, 3.8) is 0 Å². The molecule has 0 saturated carbocycles. The first kappa shape index (κ1) is 18.6. The van der Waals surface area contributed by atoms with E-state index < -0.39 is 0 Å². The summed E-state index contributed by atoms with van der Waals surface area (Å²) in [7, 11) is 1.69. The minimum absolute atomic E-state index is 0.264. The van der Waals surface area contributed by atoms with Crippen LogP contribution >= 0.6 is 0 Å². The molecule has 2 heterocycles. The average molecular weight is 363 g/mol. The normalized spacial score (nSPS) is 15.3. The third kappa shape index (κ3) is 4.13. The standard InChI is InChI=1S/C20H25N7/c1-24-12-15(11-21)14-5-6-17(22)16(9-14)20(23)18-10-19(26-13-25-18)27-7-3-2-4-8-27/h5-6,9-13,23H,2-4,7-8,21-22H2,1H3. The van der Waals surface area contributed by atoms with Gasteiger partial charge in [0.25, 0.3) is 0 Å². The zero-order valence-corrected chi connectivity index (χ0v) is 15.5. The minimum atomic E-state index is 0.264. The number of aliphatic imine (C=N–C) groups is 1. The zero-order valence-electron chi connectivity index (χ0n) is 15.5. The van der Waals surface area contributed by atoms with Gasteiger partial charge in [0.05, 0.1) is 11.4 Å². The first-order valence-electron chi connectivity index (χ1n) is 9.04. The first-order chi connectivity index (χ1) is 13.1. The molecule has 0 unspecified atom stereocenters. The molecule has 0 atom stereocenters. The average Bonchev–Trinajstić information content (AvgIpc) is 2.73. The summed E-state index contributed by atoms with van der Waals surface area (Å²) in [5, 5.41) is 8.65. The summed E-state index contributed by atoms with van der Waals surface area (Å²) in [5.74, 6) is 0.861. The Labute approximate surface area is 159 Å². The SMILES string of the molecule is CN=CC(=CN)c1ccc(N)c(C(=N)c2cc(N3CCCCC3)ncn2)c1. The van der Waals surface area contributed by atoms with E-state index in [1.54, 1.807) is 19.3 Å². The summed E-state index contributed by atoms with van der Waals surface area (Å²) in [6.07, 6.45) is 8.27. The van der Waals surface area contributed by atoms with Crippen LogP contribution in [-0.4, -0.2) is 42.0 Å². The second-order valence-corrected chi connectivity index (χ2v) is 6.50. The molecule has 0 aliphatic carbocycles. The lowest BCUT2D eigenvalue weighted by Crippen LogP contribution is -2.30. The molecule has 1 aromatic carbocycles. The van der Waals surface area contributed by atoms with E-state index in [9.17, 15) is 0 Å². The van der Waals surface area contributed by atoms with Crippen LogP contribution in [0.25, 0.3) is 5.57 Å². The quantitative estimate of drug-likeness (QED) is 0.557. The van der Waals surface area contributed by atoms with Crippen molar-refractivity contribution in [3.05, 3.63) is 53.6 Å². The predicted molar refractivity (Wildman–Crippen MR) is 111 cm³/mol. The first-order valence-corrected chi connectivity index (χ1v) is 9.04. The number of rotatable bonds is 5. The number of hydrogen-bond acceptors (Lipinski definition) is 7. The van der Waals surface area contributed by atoms with Crippen LogP contribution in [0.15, 0.2) is 41.8 Å². The zero-order chi connectivity index (χ0) is 19.2. The highest BCUT2D eigenvalue weighted by Crippen LogP contribution is 2.23. The highest BCUT2D eigenvalue weighted by molar-refractivity contribution is 6.15. The minimum Gasteiger partial charge on any atom is -0.404 e. The lowest BCUT2D eigenvalue weighted by molar-refractivity contribution is 0.573. The van der Waals surface area contributed by atoms with E-state index in [1.165, 1.54) is 31.8 Å². The number of allylic oxidation sites excluding steroid dienone is 1. The topological polar surface area (TPSA) is 117 Å². The highest BCUT2D eigenvalue weighted by atomic mass is 15.2. The van der Waals surface area contributed by atoms with Crippen molar-refractivity contribution < 1.29 is 0 Å². The van der Waals surface area contributed by atoms with E-state index in [-0.39, 0.29) is 5.71 Å². The Kier molecular flexibility index (Phi) is 5.80. The van der Waals surface area contributed by atoms with Crippen molar-refractivity contribution in [2.75, 3.05) is 30.8 Å². The molecule has 5 N–H and O–H groups in total. The van der Waals surface area contributed by atoms with Gasteiger partial charge in [-0.2, -0.15) is 0 Å². The summed E-state index contributed by atoms with van der Waals surface area (Å²) in [5.41, 5.74) is 15.4. The van der Waals surface area contributed by atoms with E-state index in [0.717, 1.165) is 30.0 Å². The van der Waals surface area contributed by atoms with Crippen LogP contribution in [0, 0.1) is 5.41 Å². The fourth-order valence-electron chi connectivity index (χ4n) is 3.22. The van der Waals surface area contributed by atoms with E-state index >= 15 is 0 Å². The summed E-state index contributed by atoms with van der Waals surface area (Å²) in [4.78, 5) is 15.0. The van der Waals surface area contributed by atoms with E-state index in [0.29, 0.717) is 16.9 Å². The number of nitrogen functional groups attached to an aromatic ring is 1. The molecule has 140 valence electrons. The molecule has 27 heavy (non-hydrogen) atoms. The second-order valence-electron chi connectivity index (χ2n) is 6.50. The van der Waals surface area contributed by atoms with Crippen LogP contribution in [-0.2, 0) is 0 Å². The van der Waals surface area contributed by atoms with Gasteiger partial charge < -0.3 is 16.4 Å². The molecule has 2 aromatic rings. The van der Waals surface area contributed by atoms with Gasteiger partial charge in [0.1, 0.15) is 12.1 Å². The number of nitrogens with one attached hydrogen (secondary N) is 1. The van der Waals surface area contributed by atoms with Gasteiger partial charge in [0.2, 0.25) is 0 Å². The number of nitrogens with zero attached hydrogens (tertiary/aromatic N) is 4. The number of hydrogen-bond donors (Lipinski definition) is 3. The summed E-state index contributed by atoms with van der Waals surface area (Å²) < 4.78 is 0. The molecule has 1 fully saturated rings. The molecule has 0 spiro atoms. The van der Waals surface area contributed by atoms with E-state index in [4.69, 9.17) is 16.9 Å². The third-order valence-corrected chi connectivity index (χ3v) is 4.69. The summed E-state index contributed by atoms with van der Waals surface area (Å²) >= 11 is 0. The lowest BCUT2D eigenvalue weighted by Gasteiger charge is -2.27. The molecule has 0 bridgehead atoms. The lowest BCUT2D eigenvalue weighted by atomic mass is 9.98. The molecule has 1 aliphatic heterocycles. The molecular formula is C20H25N7. The molecule has 7 nitrogen and oxygen atoms in total. The largest absolute Gasteiger partial charge is 0.404 e. The van der Waals surface area contributed by atoms with Crippen molar-refractivity contribution in [2.45, 2.75) is 19.3 Å². The molecule has 3 rings (SSSR count). The van der Waals surface area contributed by atoms with E-state index in [2.05, 4.69) is 19.9 Å². The van der Waals surface area contributed by atoms with Crippen molar-refractivity contribution in [2.24, 2.45) is 10.7 Å². The maximum atomic E-state index is 8.65. The van der Waals surface area contributed by atoms with Gasteiger partial charge in [-0.3, -0.25) is 10.4 Å². The number of nitrogens with two attached hydrogens (primary N) is 2. The van der Waals surface area contributed by atoms with Crippen LogP contribution in [0.4, 0.5) is 11.5 Å². The smallest absolute Gasteiger partial charge is 0.132 e. The third-order valence-electron chi connectivity index (χ3n) is 4.69. The monoisotopic (exact) mass is 363 g/mol. The number of piperidine rings is 1. The van der Waals surface area contributed by atoms with Gasteiger partial charge in [0, 0.05) is 55.4 Å². The Morgan fingerprint density at radius 1 is 1.19 bits per heavy atom. The summed E-state index contributed by atoms with van der Waals surface area (Å²) in [6.45, 7) is 1.98. The Morgan fingerprint density at radius 3 is 2.67 bits per heavy atom. The number of aromatic nitrogens is 2. The van der Waals surface area contributed by atoms with Crippen LogP contribution in [0.3, 0.4) is 0 Å². The molecule has 0 amide bonds. The van der Waals surface area contributed by atoms with Crippen molar-refractivity contribution >= 4 is 29.0 Å². The van der Waals surface area contributed by atoms with Crippen LogP contribution in [0.2, 0.25) is 0 Å². The molecule has 1 aromatic heterocycles. The Morgan fingerprint density at radius 2 is 1.96 bits per heavy atom. The fourth-order valence-corrected chi connectivity index (χ4v) is 3.22. The number of anilines is 2. The maximum absolute atomic E-state index is 8.65. The molecule has 1 aliphatic rings. The Hall–Kier alpha value is -3.22. The van der Waals surface area contributed by atoms with Gasteiger partial charge >= 0.3 is 0 Å². The van der Waals surface area contributed by atoms with E-state index in [1.807, 2.05) is 18.2 Å². The Bertz CT molecular complexity index is 880. The second kappa shape index (κ2) is 8.44. The van der Waals surface area contributed by atoms with Crippen molar-refractivity contribution in [1.82, 2.24) is 9.97 Å². The van der Waals surface area contributed by atoms with Gasteiger partial charge in [0.15, 0.2) is 0 Å². The fraction of sp³-hybridized carbons (Fsp3) is 0.300. The summed E-state index contributed by atoms with van der Waals surface area (Å²) in [6, 6.07) is 7.36. The van der Waals surface area contributed by atoms with Crippen LogP contribution in [0.1, 0.15) is 36.1 Å². The highest BCUT2D eigenvalue weighted by Gasteiger charge is 2.16. The van der Waals surface area contributed by atoms with Gasteiger partial charge in [-0.05, 0) is 37.0 Å². The predicted octanol–water partition coefficient (Wildman–Crippen LogP) is 2.47. The molecule has 1 saturated heterocycles.